The van der Waals surface area contributed by atoms with Gasteiger partial charge in [-0.2, -0.15) is 16.8 Å². The van der Waals surface area contributed by atoms with Gasteiger partial charge in [0.2, 0.25) is 0 Å². The average Bonchev–Trinajstić information content (AvgIpc) is 2.44. The van der Waals surface area contributed by atoms with Gasteiger partial charge in [-0.1, -0.05) is 12.8 Å². The lowest BCUT2D eigenvalue weighted by Gasteiger charge is -2.06. The van der Waals surface area contributed by atoms with Gasteiger partial charge < -0.3 is 5.32 Å². The van der Waals surface area contributed by atoms with E-state index in [1.165, 1.54) is 6.92 Å². The first kappa shape index (κ1) is 20.8. The van der Waals surface area contributed by atoms with Gasteiger partial charge in [-0.25, -0.2) is 0 Å². The fourth-order valence-electron chi connectivity index (χ4n) is 1.42. The minimum absolute atomic E-state index is 0.00669. The van der Waals surface area contributed by atoms with Crippen molar-refractivity contribution in [2.75, 3.05) is 37.8 Å². The number of unbranched alkanes of at least 4 members (excludes halogenated alkanes) is 3. The van der Waals surface area contributed by atoms with Crippen LogP contribution in [-0.4, -0.2) is 54.6 Å². The average molecular weight is 345 g/mol. The smallest absolute Gasteiger partial charge is 0.267 e. The number of rotatable bonds is 14. The van der Waals surface area contributed by atoms with Crippen LogP contribution in [0.3, 0.4) is 0 Å². The summed E-state index contributed by atoms with van der Waals surface area (Å²) >= 11 is 0. The second-order valence-electron chi connectivity index (χ2n) is 4.50. The Bertz CT molecular complexity index is 404. The van der Waals surface area contributed by atoms with E-state index in [1.807, 2.05) is 0 Å². The zero-order chi connectivity index (χ0) is 16.2. The van der Waals surface area contributed by atoms with Crippen molar-refractivity contribution in [2.45, 2.75) is 39.5 Å². The van der Waals surface area contributed by atoms with Crippen molar-refractivity contribution in [1.82, 2.24) is 5.32 Å². The van der Waals surface area contributed by atoms with Crippen LogP contribution < -0.4 is 5.32 Å². The van der Waals surface area contributed by atoms with Crippen molar-refractivity contribution in [3.63, 3.8) is 0 Å². The molecule has 0 fully saturated rings. The van der Waals surface area contributed by atoms with Crippen LogP contribution in [0.4, 0.5) is 0 Å². The molecule has 21 heavy (non-hydrogen) atoms. The Morgan fingerprint density at radius 1 is 0.714 bits per heavy atom. The van der Waals surface area contributed by atoms with Gasteiger partial charge in [-0.05, 0) is 33.2 Å². The van der Waals surface area contributed by atoms with Crippen molar-refractivity contribution in [3.05, 3.63) is 0 Å². The molecular formula is C12H27NO6S2. The van der Waals surface area contributed by atoms with Crippen LogP contribution in [0.5, 0.6) is 0 Å². The molecule has 0 radical (unpaired) electrons. The van der Waals surface area contributed by atoms with Crippen LogP contribution in [0.15, 0.2) is 0 Å². The number of hydrogen-bond acceptors (Lipinski definition) is 7. The molecule has 0 atom stereocenters. The van der Waals surface area contributed by atoms with Crippen LogP contribution >= 0.6 is 0 Å². The van der Waals surface area contributed by atoms with Crippen LogP contribution in [-0.2, 0) is 28.6 Å². The maximum Gasteiger partial charge on any atom is 0.267 e. The molecular weight excluding hydrogens is 318 g/mol. The third kappa shape index (κ3) is 13.2. The standard InChI is InChI=1S/C12H27NO6S2/c1-3-20(14,15)18-11-8-6-5-7-9-13-10-12-19-21(16,17)4-2/h13H,3-12H2,1-2H3. The topological polar surface area (TPSA) is 98.8 Å². The van der Waals surface area contributed by atoms with Crippen molar-refractivity contribution >= 4 is 20.2 Å². The minimum Gasteiger partial charge on any atom is -0.314 e. The largest absolute Gasteiger partial charge is 0.314 e. The molecule has 0 aliphatic heterocycles. The predicted octanol–water partition coefficient (Wildman–Crippen LogP) is 0.869. The van der Waals surface area contributed by atoms with E-state index in [4.69, 9.17) is 8.37 Å². The van der Waals surface area contributed by atoms with Gasteiger partial charge in [0, 0.05) is 6.54 Å². The molecule has 128 valence electrons. The van der Waals surface area contributed by atoms with Crippen molar-refractivity contribution in [2.24, 2.45) is 0 Å². The molecule has 0 aliphatic carbocycles. The Labute approximate surface area is 128 Å². The number of hydrogen-bond donors (Lipinski definition) is 1. The Kier molecular flexibility index (Phi) is 11.2. The van der Waals surface area contributed by atoms with E-state index in [0.717, 1.165) is 32.2 Å². The third-order valence-electron chi connectivity index (χ3n) is 2.76. The van der Waals surface area contributed by atoms with E-state index in [9.17, 15) is 16.8 Å². The van der Waals surface area contributed by atoms with E-state index >= 15 is 0 Å². The summed E-state index contributed by atoms with van der Waals surface area (Å²) in [6, 6.07) is 0. The second kappa shape index (κ2) is 11.4. The maximum absolute atomic E-state index is 11.0. The highest BCUT2D eigenvalue weighted by Gasteiger charge is 2.06. The highest BCUT2D eigenvalue weighted by molar-refractivity contribution is 7.86. The lowest BCUT2D eigenvalue weighted by atomic mass is 10.2. The van der Waals surface area contributed by atoms with Gasteiger partial charge in [0.25, 0.3) is 20.2 Å². The van der Waals surface area contributed by atoms with E-state index in [-0.39, 0.29) is 24.7 Å². The molecule has 0 aromatic rings. The molecule has 0 heterocycles. The summed E-state index contributed by atoms with van der Waals surface area (Å²) in [4.78, 5) is 0. The molecule has 9 heteroatoms. The van der Waals surface area contributed by atoms with Crippen molar-refractivity contribution < 1.29 is 25.2 Å². The number of nitrogens with one attached hydrogen (secondary N) is 1. The summed E-state index contributed by atoms with van der Waals surface area (Å²) in [5, 5.41) is 3.09. The Morgan fingerprint density at radius 2 is 1.24 bits per heavy atom. The van der Waals surface area contributed by atoms with Gasteiger partial charge in [-0.3, -0.25) is 8.37 Å². The van der Waals surface area contributed by atoms with Gasteiger partial charge >= 0.3 is 0 Å². The van der Waals surface area contributed by atoms with Crippen LogP contribution in [0.25, 0.3) is 0 Å². The van der Waals surface area contributed by atoms with Gasteiger partial charge in [0.05, 0.1) is 24.7 Å². The molecule has 1 N–H and O–H groups in total. The first-order chi connectivity index (χ1) is 9.83. The lowest BCUT2D eigenvalue weighted by Crippen LogP contribution is -2.23. The van der Waals surface area contributed by atoms with E-state index in [2.05, 4.69) is 5.32 Å². The molecule has 0 bridgehead atoms. The van der Waals surface area contributed by atoms with E-state index in [1.54, 1.807) is 6.92 Å². The fraction of sp³-hybridized carbons (Fsp3) is 1.00. The minimum atomic E-state index is -3.34. The highest BCUT2D eigenvalue weighted by atomic mass is 32.2. The van der Waals surface area contributed by atoms with Crippen molar-refractivity contribution in [1.29, 1.82) is 0 Å². The summed E-state index contributed by atoms with van der Waals surface area (Å²) in [5.41, 5.74) is 0. The summed E-state index contributed by atoms with van der Waals surface area (Å²) < 4.78 is 53.6. The van der Waals surface area contributed by atoms with E-state index < -0.39 is 20.2 Å². The molecule has 7 nitrogen and oxygen atoms in total. The molecule has 0 aromatic heterocycles. The van der Waals surface area contributed by atoms with Crippen LogP contribution in [0, 0.1) is 0 Å². The Balaban J connectivity index is 3.31. The quantitative estimate of drug-likeness (QED) is 0.368. The first-order valence-corrected chi connectivity index (χ1v) is 10.4. The predicted molar refractivity (Wildman–Crippen MR) is 82.2 cm³/mol. The lowest BCUT2D eigenvalue weighted by molar-refractivity contribution is 0.306. The van der Waals surface area contributed by atoms with Crippen LogP contribution in [0.2, 0.25) is 0 Å². The zero-order valence-electron chi connectivity index (χ0n) is 12.8. The second-order valence-corrected chi connectivity index (χ2v) is 8.36. The van der Waals surface area contributed by atoms with Gasteiger partial charge in [0.15, 0.2) is 0 Å². The molecule has 0 unspecified atom stereocenters. The summed E-state index contributed by atoms with van der Waals surface area (Å²) in [5.74, 6) is -0.00440. The Hall–Kier alpha value is -0.220. The van der Waals surface area contributed by atoms with Gasteiger partial charge in [0.1, 0.15) is 0 Å². The molecule has 0 saturated heterocycles. The molecule has 0 amide bonds. The summed E-state index contributed by atoms with van der Waals surface area (Å²) in [6.07, 6.45) is 3.54. The maximum atomic E-state index is 11.0. The SMILES string of the molecule is CCS(=O)(=O)OCCCCCCNCCOS(=O)(=O)CC. The highest BCUT2D eigenvalue weighted by Crippen LogP contribution is 2.02. The monoisotopic (exact) mass is 345 g/mol. The molecule has 0 spiro atoms. The Morgan fingerprint density at radius 3 is 1.81 bits per heavy atom. The molecule has 0 rings (SSSR count). The normalized spacial score (nSPS) is 12.7. The molecule has 0 aromatic carbocycles. The zero-order valence-corrected chi connectivity index (χ0v) is 14.5. The first-order valence-electron chi connectivity index (χ1n) is 7.28. The van der Waals surface area contributed by atoms with E-state index in [0.29, 0.717) is 6.54 Å². The molecule has 0 saturated carbocycles. The summed E-state index contributed by atoms with van der Waals surface area (Å²) in [7, 11) is -6.66. The van der Waals surface area contributed by atoms with Crippen LogP contribution in [0.1, 0.15) is 39.5 Å². The fourth-order valence-corrected chi connectivity index (χ4v) is 2.47. The third-order valence-corrected chi connectivity index (χ3v) is 5.23. The molecule has 0 aliphatic rings. The summed E-state index contributed by atoms with van der Waals surface area (Å²) in [6.45, 7) is 4.76. The van der Waals surface area contributed by atoms with Crippen molar-refractivity contribution in [3.8, 4) is 0 Å². The van der Waals surface area contributed by atoms with Gasteiger partial charge in [-0.15, -0.1) is 0 Å².